The van der Waals surface area contributed by atoms with Crippen molar-refractivity contribution >= 4 is 46.0 Å². The van der Waals surface area contributed by atoms with Crippen LogP contribution in [-0.4, -0.2) is 40.1 Å². The fourth-order valence-electron chi connectivity index (χ4n) is 3.95. The summed E-state index contributed by atoms with van der Waals surface area (Å²) in [6, 6.07) is 11.0. The molecule has 0 bridgehead atoms. The number of aliphatic carboxylic acids is 1. The molecule has 12 heteroatoms. The highest BCUT2D eigenvalue weighted by Gasteiger charge is 2.35. The molecule has 2 aromatic carbocycles. The molecular weight excluding hydrogens is 546 g/mol. The zero-order valence-electron chi connectivity index (χ0n) is 19.5. The van der Waals surface area contributed by atoms with E-state index < -0.39 is 29.7 Å². The Bertz CT molecular complexity index is 1530. The number of amides is 1. The highest BCUT2D eigenvalue weighted by molar-refractivity contribution is 6.39. The first-order chi connectivity index (χ1) is 18.0. The van der Waals surface area contributed by atoms with Crippen molar-refractivity contribution < 1.29 is 32.6 Å². The van der Waals surface area contributed by atoms with Gasteiger partial charge in [-0.2, -0.15) is 13.2 Å². The maximum Gasteiger partial charge on any atom is 0.418 e. The Kier molecular flexibility index (Phi) is 7.75. The van der Waals surface area contributed by atoms with Gasteiger partial charge >= 0.3 is 12.1 Å². The number of nitrogens with zero attached hydrogens (tertiary/aromatic N) is 2. The highest BCUT2D eigenvalue weighted by atomic mass is 35.5. The number of hydrogen-bond acceptors (Lipinski definition) is 5. The predicted molar refractivity (Wildman–Crippen MR) is 136 cm³/mol. The molecule has 0 saturated heterocycles. The maximum atomic E-state index is 13.8. The van der Waals surface area contributed by atoms with Crippen LogP contribution in [0.3, 0.4) is 0 Å². The van der Waals surface area contributed by atoms with Gasteiger partial charge in [-0.3, -0.25) is 9.78 Å². The Balaban J connectivity index is 1.77. The summed E-state index contributed by atoms with van der Waals surface area (Å²) in [6.45, 7) is 0. The van der Waals surface area contributed by atoms with Crippen molar-refractivity contribution in [2.45, 2.75) is 18.6 Å². The first kappa shape index (κ1) is 27.2. The van der Waals surface area contributed by atoms with E-state index >= 15 is 0 Å². The van der Waals surface area contributed by atoms with Crippen molar-refractivity contribution in [3.05, 3.63) is 87.5 Å². The number of nitrogens with one attached hydrogen (secondary N) is 1. The maximum absolute atomic E-state index is 13.8. The summed E-state index contributed by atoms with van der Waals surface area (Å²) in [5.41, 5.74) is -0.775. The smallest absolute Gasteiger partial charge is 0.418 e. The molecule has 2 N–H and O–H groups in total. The number of rotatable bonds is 7. The molecule has 0 saturated carbocycles. The number of aromatic nitrogens is 2. The minimum Gasteiger partial charge on any atom is -0.481 e. The number of ether oxygens (including phenoxy) is 1. The van der Waals surface area contributed by atoms with Gasteiger partial charge in [-0.25, -0.2) is 9.78 Å². The third-order valence-electron chi connectivity index (χ3n) is 5.72. The number of halogens is 5. The quantitative estimate of drug-likeness (QED) is 0.283. The van der Waals surface area contributed by atoms with Crippen molar-refractivity contribution in [2.75, 3.05) is 7.11 Å². The normalized spacial score (nSPS) is 12.3. The van der Waals surface area contributed by atoms with Gasteiger partial charge in [0.2, 0.25) is 5.88 Å². The van der Waals surface area contributed by atoms with Gasteiger partial charge in [-0.15, -0.1) is 0 Å². The molecule has 4 rings (SSSR count). The van der Waals surface area contributed by atoms with E-state index in [9.17, 15) is 27.9 Å². The average molecular weight is 564 g/mol. The molecule has 196 valence electrons. The van der Waals surface area contributed by atoms with Crippen molar-refractivity contribution in [3.8, 4) is 17.1 Å². The molecule has 4 aromatic rings. The van der Waals surface area contributed by atoms with Crippen LogP contribution in [0, 0.1) is 0 Å². The first-order valence-corrected chi connectivity index (χ1v) is 11.7. The Hall–Kier alpha value is -3.89. The third kappa shape index (κ3) is 5.51. The zero-order valence-corrected chi connectivity index (χ0v) is 21.0. The number of pyridine rings is 2. The Morgan fingerprint density at radius 2 is 1.76 bits per heavy atom. The number of fused-ring (bicyclic) bond motifs is 1. The summed E-state index contributed by atoms with van der Waals surface area (Å²) in [7, 11) is 1.29. The molecule has 0 unspecified atom stereocenters. The zero-order chi connectivity index (χ0) is 27.6. The van der Waals surface area contributed by atoms with Gasteiger partial charge in [-0.1, -0.05) is 47.5 Å². The van der Waals surface area contributed by atoms with Crippen LogP contribution >= 0.6 is 23.2 Å². The molecule has 0 fully saturated rings. The number of carbonyl (C=O) groups is 2. The van der Waals surface area contributed by atoms with Crippen LogP contribution in [0.1, 0.15) is 21.5 Å². The average Bonchev–Trinajstić information content (AvgIpc) is 2.87. The number of carbonyl (C=O) groups excluding carboxylic acids is 1. The van der Waals surface area contributed by atoms with E-state index in [2.05, 4.69) is 15.3 Å². The van der Waals surface area contributed by atoms with Gasteiger partial charge in [0.15, 0.2) is 0 Å². The van der Waals surface area contributed by atoms with Gasteiger partial charge in [-0.05, 0) is 29.8 Å². The van der Waals surface area contributed by atoms with Crippen LogP contribution in [0.15, 0.2) is 60.8 Å². The minimum absolute atomic E-state index is 0.0203. The molecule has 0 radical (unpaired) electrons. The summed E-state index contributed by atoms with van der Waals surface area (Å²) >= 11 is 12.1. The fourth-order valence-corrected chi connectivity index (χ4v) is 4.52. The molecule has 38 heavy (non-hydrogen) atoms. The number of hydrogen-bond donors (Lipinski definition) is 2. The summed E-state index contributed by atoms with van der Waals surface area (Å²) in [5.74, 6) is -2.15. The molecular formula is C26H18Cl2F3N3O4. The number of benzene rings is 2. The molecule has 2 heterocycles. The highest BCUT2D eigenvalue weighted by Crippen LogP contribution is 2.39. The topological polar surface area (TPSA) is 101 Å². The summed E-state index contributed by atoms with van der Waals surface area (Å²) in [6.07, 6.45) is -3.50. The SMILES string of the molecule is COc1ccc(C(F)(F)F)c(-c2ccc(C[C@H](NC(=O)c3c(Cl)cccc3Cl)C(=O)O)c3cccnc23)n1. The molecule has 0 aliphatic carbocycles. The monoisotopic (exact) mass is 563 g/mol. The second-order valence-electron chi connectivity index (χ2n) is 8.08. The lowest BCUT2D eigenvalue weighted by Crippen LogP contribution is -2.42. The van der Waals surface area contributed by atoms with E-state index in [4.69, 9.17) is 27.9 Å². The fraction of sp³-hybridized carbons (Fsp3) is 0.154. The van der Waals surface area contributed by atoms with Crippen molar-refractivity contribution in [1.29, 1.82) is 0 Å². The van der Waals surface area contributed by atoms with Crippen LogP contribution in [0.4, 0.5) is 13.2 Å². The largest absolute Gasteiger partial charge is 0.481 e. The second kappa shape index (κ2) is 10.8. The molecule has 0 aliphatic heterocycles. The Morgan fingerprint density at radius 1 is 1.05 bits per heavy atom. The molecule has 1 atom stereocenters. The van der Waals surface area contributed by atoms with Gasteiger partial charge in [0.1, 0.15) is 6.04 Å². The van der Waals surface area contributed by atoms with E-state index in [0.717, 1.165) is 12.1 Å². The van der Waals surface area contributed by atoms with Crippen molar-refractivity contribution in [2.24, 2.45) is 0 Å². The lowest BCUT2D eigenvalue weighted by atomic mass is 9.95. The molecule has 2 aromatic heterocycles. The molecule has 7 nitrogen and oxygen atoms in total. The van der Waals surface area contributed by atoms with Crippen LogP contribution in [0.25, 0.3) is 22.2 Å². The second-order valence-corrected chi connectivity index (χ2v) is 8.90. The molecule has 1 amide bonds. The number of methoxy groups -OCH3 is 1. The number of carboxylic acid groups (broad SMARTS) is 1. The van der Waals surface area contributed by atoms with Crippen molar-refractivity contribution in [3.63, 3.8) is 0 Å². The number of carboxylic acids is 1. The van der Waals surface area contributed by atoms with E-state index in [1.165, 1.54) is 43.6 Å². The van der Waals surface area contributed by atoms with Crippen LogP contribution < -0.4 is 10.1 Å². The van der Waals surface area contributed by atoms with E-state index in [0.29, 0.717) is 10.9 Å². The summed E-state index contributed by atoms with van der Waals surface area (Å²) in [5, 5.41) is 12.7. The Morgan fingerprint density at radius 3 is 2.39 bits per heavy atom. The third-order valence-corrected chi connectivity index (χ3v) is 6.35. The number of alkyl halides is 3. The van der Waals surface area contributed by atoms with Crippen molar-refractivity contribution in [1.82, 2.24) is 15.3 Å². The standard InChI is InChI=1S/C26H18Cl2F3N3O4/c1-38-20-10-9-16(26(29,30)31)23(34-20)15-8-7-13(14-4-3-11-32-22(14)15)12-19(25(36)37)33-24(35)21-17(27)5-2-6-18(21)28/h2-11,19H,12H2,1H3,(H,33,35)(H,36,37)/t19-/m0/s1. The van der Waals surface area contributed by atoms with Gasteiger partial charge in [0.25, 0.3) is 5.91 Å². The molecule has 0 aliphatic rings. The lowest BCUT2D eigenvalue weighted by molar-refractivity contribution is -0.139. The summed E-state index contributed by atoms with van der Waals surface area (Å²) in [4.78, 5) is 33.1. The Labute approximate surface area is 224 Å². The van der Waals surface area contributed by atoms with Gasteiger partial charge in [0, 0.05) is 29.6 Å². The summed E-state index contributed by atoms with van der Waals surface area (Å²) < 4.78 is 46.4. The van der Waals surface area contributed by atoms with E-state index in [1.807, 2.05) is 0 Å². The first-order valence-electron chi connectivity index (χ1n) is 11.0. The van der Waals surface area contributed by atoms with E-state index in [-0.39, 0.29) is 44.7 Å². The lowest BCUT2D eigenvalue weighted by Gasteiger charge is -2.18. The molecule has 0 spiro atoms. The van der Waals surface area contributed by atoms with Crippen LogP contribution in [-0.2, 0) is 17.4 Å². The minimum atomic E-state index is -4.70. The predicted octanol–water partition coefficient (Wildman–Crippen LogP) is 6.06. The van der Waals surface area contributed by atoms with Crippen LogP contribution in [0.2, 0.25) is 10.0 Å². The van der Waals surface area contributed by atoms with Crippen LogP contribution in [0.5, 0.6) is 5.88 Å². The van der Waals surface area contributed by atoms with E-state index in [1.54, 1.807) is 12.1 Å². The van der Waals surface area contributed by atoms with Gasteiger partial charge < -0.3 is 15.2 Å². The van der Waals surface area contributed by atoms with Gasteiger partial charge in [0.05, 0.1) is 39.5 Å².